The summed E-state index contributed by atoms with van der Waals surface area (Å²) < 4.78 is 22.8. The van der Waals surface area contributed by atoms with Crippen molar-refractivity contribution >= 4 is 34.3 Å². The van der Waals surface area contributed by atoms with Gasteiger partial charge in [0.25, 0.3) is 5.56 Å². The van der Waals surface area contributed by atoms with E-state index in [0.29, 0.717) is 71.0 Å². The zero-order chi connectivity index (χ0) is 35.6. The van der Waals surface area contributed by atoms with Crippen LogP contribution in [0.1, 0.15) is 62.0 Å². The van der Waals surface area contributed by atoms with Gasteiger partial charge in [-0.3, -0.25) is 34.5 Å². The number of hydrogen-bond donors (Lipinski definition) is 3. The summed E-state index contributed by atoms with van der Waals surface area (Å²) in [7, 11) is 3.19. The van der Waals surface area contributed by atoms with Gasteiger partial charge in [-0.25, -0.2) is 4.39 Å². The second kappa shape index (κ2) is 14.7. The minimum atomic E-state index is -0.408. The molecule has 2 aromatic heterocycles. The van der Waals surface area contributed by atoms with Gasteiger partial charge in [0.1, 0.15) is 23.1 Å². The topological polar surface area (TPSA) is 142 Å². The van der Waals surface area contributed by atoms with E-state index in [9.17, 15) is 19.2 Å². The molecule has 51 heavy (non-hydrogen) atoms. The molecule has 2 aromatic carbocycles. The van der Waals surface area contributed by atoms with Gasteiger partial charge in [0.05, 0.1) is 13.3 Å². The first-order valence-corrected chi connectivity index (χ1v) is 17.8. The van der Waals surface area contributed by atoms with Crippen LogP contribution in [-0.2, 0) is 28.0 Å². The Morgan fingerprint density at radius 1 is 1.02 bits per heavy atom. The third-order valence-electron chi connectivity index (χ3n) is 10.8. The largest absolute Gasteiger partial charge is 0.496 e. The Balaban J connectivity index is 0.886. The van der Waals surface area contributed by atoms with Crippen molar-refractivity contribution in [3.8, 4) is 16.9 Å². The zero-order valence-corrected chi connectivity index (χ0v) is 29.0. The van der Waals surface area contributed by atoms with Crippen molar-refractivity contribution in [2.75, 3.05) is 38.6 Å². The van der Waals surface area contributed by atoms with E-state index >= 15 is 4.39 Å². The van der Waals surface area contributed by atoms with Crippen LogP contribution in [-0.4, -0.2) is 81.6 Å². The highest BCUT2D eigenvalue weighted by atomic mass is 19.1. The lowest BCUT2D eigenvalue weighted by Crippen LogP contribution is -2.47. The van der Waals surface area contributed by atoms with Crippen molar-refractivity contribution in [3.63, 3.8) is 0 Å². The summed E-state index contributed by atoms with van der Waals surface area (Å²) in [5.74, 6) is 0.466. The van der Waals surface area contributed by atoms with Crippen molar-refractivity contribution in [1.82, 2.24) is 29.9 Å². The molecule has 13 heteroatoms. The number of rotatable bonds is 9. The number of halogens is 1. The van der Waals surface area contributed by atoms with Crippen LogP contribution in [0, 0.1) is 11.7 Å². The second-order valence-electron chi connectivity index (χ2n) is 14.1. The SMILES string of the molecule is COc1cc(-c2cn(C)c(=O)c3[nH]ncc23)cc(F)c1CN1CCC(CC(=O)N2CCC(c3ccc(NC4CCC(=O)NC4=O)cc3)CC2)CC1. The Kier molecular flexibility index (Phi) is 9.90. The fourth-order valence-corrected chi connectivity index (χ4v) is 7.78. The van der Waals surface area contributed by atoms with Crippen molar-refractivity contribution in [1.29, 1.82) is 0 Å². The number of methoxy groups -OCH3 is 1. The van der Waals surface area contributed by atoms with E-state index < -0.39 is 6.04 Å². The number of pyridine rings is 1. The molecule has 0 radical (unpaired) electrons. The molecule has 0 spiro atoms. The van der Waals surface area contributed by atoms with Crippen LogP contribution in [0.15, 0.2) is 53.6 Å². The highest BCUT2D eigenvalue weighted by Crippen LogP contribution is 2.35. The molecule has 12 nitrogen and oxygen atoms in total. The molecular weight excluding hydrogens is 653 g/mol. The molecule has 3 saturated heterocycles. The van der Waals surface area contributed by atoms with E-state index in [-0.39, 0.29) is 29.1 Å². The molecule has 0 aliphatic carbocycles. The molecule has 0 bridgehead atoms. The fourth-order valence-electron chi connectivity index (χ4n) is 7.78. The Labute approximate surface area is 295 Å². The number of amides is 3. The molecule has 3 aliphatic rings. The van der Waals surface area contributed by atoms with Crippen molar-refractivity contribution in [3.05, 3.63) is 76.1 Å². The summed E-state index contributed by atoms with van der Waals surface area (Å²) in [4.78, 5) is 53.5. The fraction of sp³-hybridized carbons (Fsp3) is 0.447. The quantitative estimate of drug-likeness (QED) is 0.220. The molecule has 3 N–H and O–H groups in total. The summed E-state index contributed by atoms with van der Waals surface area (Å²) in [6, 6.07) is 11.0. The molecule has 5 heterocycles. The highest BCUT2D eigenvalue weighted by Gasteiger charge is 2.29. The lowest BCUT2D eigenvalue weighted by atomic mass is 9.88. The summed E-state index contributed by atoms with van der Waals surface area (Å²) >= 11 is 0. The Hall–Kier alpha value is -5.04. The summed E-state index contributed by atoms with van der Waals surface area (Å²) in [5.41, 5.74) is 4.04. The number of piperidine rings is 3. The average molecular weight is 698 g/mol. The number of imide groups is 1. The van der Waals surface area contributed by atoms with E-state index in [1.165, 1.54) is 23.3 Å². The van der Waals surface area contributed by atoms with Crippen LogP contribution in [0.5, 0.6) is 5.75 Å². The maximum absolute atomic E-state index is 15.7. The first-order valence-electron chi connectivity index (χ1n) is 17.8. The van der Waals surface area contributed by atoms with Crippen LogP contribution >= 0.6 is 0 Å². The molecule has 4 aromatic rings. The summed E-state index contributed by atoms with van der Waals surface area (Å²) in [5, 5.41) is 13.0. The monoisotopic (exact) mass is 697 g/mol. The van der Waals surface area contributed by atoms with Crippen molar-refractivity contribution in [2.24, 2.45) is 13.0 Å². The summed E-state index contributed by atoms with van der Waals surface area (Å²) in [6.07, 6.45) is 8.19. The average Bonchev–Trinajstić information content (AvgIpc) is 3.63. The normalized spacial score (nSPS) is 19.4. The third-order valence-corrected chi connectivity index (χ3v) is 10.8. The van der Waals surface area contributed by atoms with Gasteiger partial charge in [-0.05, 0) is 92.4 Å². The molecule has 0 saturated carbocycles. The number of benzene rings is 2. The number of nitrogens with one attached hydrogen (secondary N) is 3. The standard InChI is InChI=1S/C38H44FN7O5/c1-44-21-29(28-20-40-43-36(28)38(44)50)26-18-31(39)30(33(19-26)51-2)22-45-13-9-23(10-14-45)17-35(48)46-15-11-25(12-16-46)24-3-5-27(6-4-24)41-32-7-8-34(47)42-37(32)49/h3-6,18-21,23,25,32,41H,7-17,22H2,1-2H3,(H,40,43)(H,42,47,49). The van der Waals surface area contributed by atoms with Gasteiger partial charge in [0.15, 0.2) is 0 Å². The van der Waals surface area contributed by atoms with Gasteiger partial charge >= 0.3 is 0 Å². The number of anilines is 1. The molecule has 7 rings (SSSR count). The number of likely N-dealkylation sites (tertiary alicyclic amines) is 2. The van der Waals surface area contributed by atoms with E-state index in [2.05, 4.69) is 37.9 Å². The van der Waals surface area contributed by atoms with Crippen LogP contribution in [0.2, 0.25) is 0 Å². The molecule has 1 atom stereocenters. The Morgan fingerprint density at radius 2 is 1.76 bits per heavy atom. The maximum atomic E-state index is 15.7. The first kappa shape index (κ1) is 34.4. The summed E-state index contributed by atoms with van der Waals surface area (Å²) in [6.45, 7) is 3.43. The number of H-pyrrole nitrogens is 1. The lowest BCUT2D eigenvalue weighted by Gasteiger charge is -2.35. The van der Waals surface area contributed by atoms with Gasteiger partial charge in [-0.1, -0.05) is 12.1 Å². The number of fused-ring (bicyclic) bond motifs is 1. The van der Waals surface area contributed by atoms with E-state index in [1.54, 1.807) is 19.4 Å². The smallest absolute Gasteiger partial charge is 0.276 e. The molecular formula is C38H44FN7O5. The molecule has 268 valence electrons. The second-order valence-corrected chi connectivity index (χ2v) is 14.1. The van der Waals surface area contributed by atoms with E-state index in [4.69, 9.17) is 4.74 Å². The number of hydrogen-bond acceptors (Lipinski definition) is 8. The number of ether oxygens (including phenoxy) is 1. The van der Waals surface area contributed by atoms with E-state index in [1.807, 2.05) is 23.1 Å². The zero-order valence-electron chi connectivity index (χ0n) is 29.0. The van der Waals surface area contributed by atoms with Gasteiger partial charge in [0.2, 0.25) is 17.7 Å². The number of aromatic nitrogens is 3. The van der Waals surface area contributed by atoms with Gasteiger partial charge in [-0.2, -0.15) is 5.10 Å². The Morgan fingerprint density at radius 3 is 2.47 bits per heavy atom. The molecule has 1 unspecified atom stereocenters. The third kappa shape index (κ3) is 7.39. The number of aryl methyl sites for hydroxylation is 1. The number of carbonyl (C=O) groups excluding carboxylic acids is 3. The van der Waals surface area contributed by atoms with Crippen LogP contribution in [0.4, 0.5) is 10.1 Å². The predicted octanol–water partition coefficient (Wildman–Crippen LogP) is 4.30. The van der Waals surface area contributed by atoms with E-state index in [0.717, 1.165) is 57.5 Å². The van der Waals surface area contributed by atoms with Crippen molar-refractivity contribution in [2.45, 2.75) is 63.5 Å². The minimum Gasteiger partial charge on any atom is -0.496 e. The number of aromatic amines is 1. The van der Waals surface area contributed by atoms with Crippen LogP contribution in [0.25, 0.3) is 22.0 Å². The minimum absolute atomic E-state index is 0.202. The molecule has 3 aliphatic heterocycles. The first-order chi connectivity index (χ1) is 24.7. The highest BCUT2D eigenvalue weighted by molar-refractivity contribution is 6.01. The van der Waals surface area contributed by atoms with Crippen molar-refractivity contribution < 1.29 is 23.5 Å². The van der Waals surface area contributed by atoms with Gasteiger partial charge in [0, 0.05) is 67.9 Å². The van der Waals surface area contributed by atoms with Gasteiger partial charge in [-0.15, -0.1) is 0 Å². The van der Waals surface area contributed by atoms with Crippen LogP contribution < -0.4 is 20.9 Å². The Bertz CT molecular complexity index is 1990. The number of nitrogens with zero attached hydrogens (tertiary/aromatic N) is 4. The predicted molar refractivity (Wildman–Crippen MR) is 191 cm³/mol. The number of carbonyl (C=O) groups is 3. The molecule has 3 fully saturated rings. The lowest BCUT2D eigenvalue weighted by molar-refractivity contribution is -0.134. The molecule has 3 amide bonds. The van der Waals surface area contributed by atoms with Crippen LogP contribution in [0.3, 0.4) is 0 Å². The maximum Gasteiger partial charge on any atom is 0.276 e. The van der Waals surface area contributed by atoms with Gasteiger partial charge < -0.3 is 19.5 Å².